The molecule has 2 aliphatic heterocycles. The lowest BCUT2D eigenvalue weighted by Gasteiger charge is -2.28. The van der Waals surface area contributed by atoms with Gasteiger partial charge in [0.25, 0.3) is 5.78 Å². The van der Waals surface area contributed by atoms with Crippen LogP contribution in [0.5, 0.6) is 0 Å². The van der Waals surface area contributed by atoms with E-state index in [0.29, 0.717) is 22.9 Å². The van der Waals surface area contributed by atoms with Crippen molar-refractivity contribution in [3.63, 3.8) is 0 Å². The highest BCUT2D eigenvalue weighted by atomic mass is 35.5. The number of benzene rings is 2. The zero-order valence-electron chi connectivity index (χ0n) is 14.4. The molecule has 2 aliphatic rings. The molecule has 1 fully saturated rings. The Morgan fingerprint density at radius 2 is 2.04 bits per heavy atom. The number of aromatic nitrogens is 1. The fourth-order valence-electron chi connectivity index (χ4n) is 3.90. The van der Waals surface area contributed by atoms with Gasteiger partial charge in [0.05, 0.1) is 34.2 Å². The number of hydrogen-bond acceptors (Lipinski definition) is 5. The number of hydrogen-bond donors (Lipinski definition) is 0. The monoisotopic (exact) mass is 397 g/mol. The lowest BCUT2D eigenvalue weighted by molar-refractivity contribution is -0.114. The first kappa shape index (κ1) is 16.9. The second-order valence-electron chi connectivity index (χ2n) is 6.86. The molecule has 7 heteroatoms. The average Bonchev–Trinajstić information content (AvgIpc) is 3.35. The Hall–Kier alpha value is -2.28. The number of Topliss-reactive ketones (excluding diaryl/α,β-unsaturated/α-hetero) is 1. The van der Waals surface area contributed by atoms with Crippen molar-refractivity contribution in [3.8, 4) is 0 Å². The van der Waals surface area contributed by atoms with Crippen LogP contribution in [0.2, 0.25) is 5.02 Å². The van der Waals surface area contributed by atoms with E-state index in [1.54, 1.807) is 34.4 Å². The number of ketones is 1. The maximum absolute atomic E-state index is 12.5. The average molecular weight is 398 g/mol. The summed E-state index contributed by atoms with van der Waals surface area (Å²) in [4.78, 5) is 33.5. The summed E-state index contributed by atoms with van der Waals surface area (Å²) in [6.45, 7) is 1.27. The first-order valence-electron chi connectivity index (χ1n) is 8.87. The van der Waals surface area contributed by atoms with Crippen LogP contribution in [0.1, 0.15) is 34.2 Å². The third-order valence-electron chi connectivity index (χ3n) is 5.22. The van der Waals surface area contributed by atoms with Gasteiger partial charge in [-0.3, -0.25) is 19.4 Å². The number of amides is 1. The molecular weight excluding hydrogens is 382 g/mol. The van der Waals surface area contributed by atoms with Gasteiger partial charge in [-0.25, -0.2) is 4.98 Å². The predicted molar refractivity (Wildman–Crippen MR) is 106 cm³/mol. The van der Waals surface area contributed by atoms with Crippen LogP contribution < -0.4 is 4.90 Å². The number of nitrogens with zero attached hydrogens (tertiary/aromatic N) is 3. The molecule has 5 nitrogen and oxygen atoms in total. The molecule has 3 heterocycles. The molecule has 0 radical (unpaired) electrons. The molecule has 3 aromatic rings. The van der Waals surface area contributed by atoms with E-state index in [1.165, 1.54) is 4.70 Å². The van der Waals surface area contributed by atoms with Crippen LogP contribution in [0.3, 0.4) is 0 Å². The van der Waals surface area contributed by atoms with Gasteiger partial charge in [0.2, 0.25) is 0 Å². The minimum absolute atomic E-state index is 0.168. The molecule has 0 N–H and O–H groups in total. The number of likely N-dealkylation sites (tertiary alicyclic amines) is 1. The highest BCUT2D eigenvalue weighted by Gasteiger charge is 2.39. The van der Waals surface area contributed by atoms with Crippen molar-refractivity contribution in [2.45, 2.75) is 18.9 Å². The molecule has 1 amide bonds. The maximum atomic E-state index is 12.5. The van der Waals surface area contributed by atoms with E-state index in [0.717, 1.165) is 29.9 Å². The predicted octanol–water partition coefficient (Wildman–Crippen LogP) is 4.27. The zero-order valence-corrected chi connectivity index (χ0v) is 16.0. The van der Waals surface area contributed by atoms with Gasteiger partial charge < -0.3 is 0 Å². The fraction of sp³-hybridized carbons (Fsp3) is 0.250. The molecule has 27 heavy (non-hydrogen) atoms. The van der Waals surface area contributed by atoms with Crippen molar-refractivity contribution < 1.29 is 9.59 Å². The van der Waals surface area contributed by atoms with Crippen LogP contribution in [0, 0.1) is 0 Å². The van der Waals surface area contributed by atoms with E-state index in [9.17, 15) is 9.59 Å². The highest BCUT2D eigenvalue weighted by Crippen LogP contribution is 2.38. The topological polar surface area (TPSA) is 53.5 Å². The third-order valence-corrected chi connectivity index (χ3v) is 6.59. The first-order chi connectivity index (χ1) is 13.1. The van der Waals surface area contributed by atoms with Gasteiger partial charge in [0.15, 0.2) is 0 Å². The summed E-state index contributed by atoms with van der Waals surface area (Å²) in [5, 5.41) is 1.54. The zero-order chi connectivity index (χ0) is 18.5. The molecule has 0 spiro atoms. The third kappa shape index (κ3) is 2.76. The number of anilines is 1. The van der Waals surface area contributed by atoms with E-state index >= 15 is 0 Å². The normalized spacial score (nSPS) is 20.0. The Labute approximate surface area is 165 Å². The molecule has 5 rings (SSSR count). The number of thiazole rings is 1. The van der Waals surface area contributed by atoms with E-state index < -0.39 is 11.7 Å². The van der Waals surface area contributed by atoms with Crippen LogP contribution in [0.4, 0.5) is 5.69 Å². The van der Waals surface area contributed by atoms with Crippen molar-refractivity contribution >= 4 is 50.5 Å². The summed E-state index contributed by atoms with van der Waals surface area (Å²) in [6, 6.07) is 13.3. The molecule has 1 aromatic heterocycles. The maximum Gasteiger partial charge on any atom is 0.300 e. The summed E-state index contributed by atoms with van der Waals surface area (Å²) in [5.41, 5.74) is 2.05. The van der Waals surface area contributed by atoms with Crippen LogP contribution in [0.25, 0.3) is 10.2 Å². The Morgan fingerprint density at radius 1 is 1.19 bits per heavy atom. The Kier molecular flexibility index (Phi) is 4.00. The van der Waals surface area contributed by atoms with E-state index in [-0.39, 0.29) is 6.04 Å². The van der Waals surface area contributed by atoms with Crippen LogP contribution in [-0.2, 0) is 4.79 Å². The molecule has 0 bridgehead atoms. The quantitative estimate of drug-likeness (QED) is 0.619. The van der Waals surface area contributed by atoms with Gasteiger partial charge in [0, 0.05) is 11.6 Å². The number of fused-ring (bicyclic) bond motifs is 2. The molecule has 1 saturated heterocycles. The lowest BCUT2D eigenvalue weighted by atomic mass is 10.1. The SMILES string of the molecule is O=C1C(=O)N(CN2CCC[C@H]2c2nc3ccccc3s2)c2ccc(Cl)cc21. The van der Waals surface area contributed by atoms with Crippen molar-refractivity contribution in [2.24, 2.45) is 0 Å². The summed E-state index contributed by atoms with van der Waals surface area (Å²) in [7, 11) is 0. The van der Waals surface area contributed by atoms with Crippen molar-refractivity contribution in [3.05, 3.63) is 58.1 Å². The molecule has 0 saturated carbocycles. The minimum Gasteiger partial charge on any atom is -0.291 e. The molecular formula is C20H16ClN3O2S. The van der Waals surface area contributed by atoms with Crippen molar-refractivity contribution in [1.29, 1.82) is 0 Å². The van der Waals surface area contributed by atoms with Crippen molar-refractivity contribution in [2.75, 3.05) is 18.1 Å². The number of halogens is 1. The summed E-state index contributed by atoms with van der Waals surface area (Å²) >= 11 is 7.70. The first-order valence-corrected chi connectivity index (χ1v) is 10.1. The number of carbonyl (C=O) groups excluding carboxylic acids is 2. The molecule has 0 aliphatic carbocycles. The summed E-state index contributed by atoms with van der Waals surface area (Å²) in [6.07, 6.45) is 2.05. The van der Waals surface area contributed by atoms with Gasteiger partial charge >= 0.3 is 5.91 Å². The molecule has 1 atom stereocenters. The Bertz CT molecular complexity index is 1050. The van der Waals surface area contributed by atoms with Crippen LogP contribution in [-0.4, -0.2) is 34.8 Å². The Balaban J connectivity index is 1.45. The second kappa shape index (κ2) is 6.41. The van der Waals surface area contributed by atoms with E-state index in [2.05, 4.69) is 11.0 Å². The van der Waals surface area contributed by atoms with Crippen LogP contribution >= 0.6 is 22.9 Å². The van der Waals surface area contributed by atoms with Gasteiger partial charge in [-0.05, 0) is 43.2 Å². The Morgan fingerprint density at radius 3 is 2.89 bits per heavy atom. The van der Waals surface area contributed by atoms with E-state index in [1.807, 2.05) is 18.2 Å². The van der Waals surface area contributed by atoms with Gasteiger partial charge in [0.1, 0.15) is 5.01 Å². The van der Waals surface area contributed by atoms with Crippen molar-refractivity contribution in [1.82, 2.24) is 9.88 Å². The van der Waals surface area contributed by atoms with Gasteiger partial charge in [-0.15, -0.1) is 11.3 Å². The summed E-state index contributed by atoms with van der Waals surface area (Å²) in [5.74, 6) is -0.967. The number of rotatable bonds is 3. The number of carbonyl (C=O) groups is 2. The lowest BCUT2D eigenvalue weighted by Crippen LogP contribution is -2.40. The minimum atomic E-state index is -0.484. The van der Waals surface area contributed by atoms with E-state index in [4.69, 9.17) is 16.6 Å². The second-order valence-corrected chi connectivity index (χ2v) is 8.35. The molecule has 136 valence electrons. The number of para-hydroxylation sites is 1. The standard InChI is InChI=1S/C20H16ClN3O2S/c21-12-7-8-15-13(10-12)18(25)20(26)24(15)11-23-9-3-5-16(23)19-22-14-4-1-2-6-17(14)27-19/h1-2,4,6-8,10,16H,3,5,9,11H2/t16-/m0/s1. The van der Waals surface area contributed by atoms with Crippen LogP contribution in [0.15, 0.2) is 42.5 Å². The smallest absolute Gasteiger partial charge is 0.291 e. The molecule has 0 unspecified atom stereocenters. The molecule has 2 aromatic carbocycles. The van der Waals surface area contributed by atoms with Gasteiger partial charge in [-0.1, -0.05) is 23.7 Å². The largest absolute Gasteiger partial charge is 0.300 e. The summed E-state index contributed by atoms with van der Waals surface area (Å²) < 4.78 is 1.17. The fourth-order valence-corrected chi connectivity index (χ4v) is 5.21. The highest BCUT2D eigenvalue weighted by molar-refractivity contribution is 7.18. The van der Waals surface area contributed by atoms with Gasteiger partial charge in [-0.2, -0.15) is 0 Å².